The van der Waals surface area contributed by atoms with E-state index in [9.17, 15) is 4.79 Å². The highest BCUT2D eigenvalue weighted by molar-refractivity contribution is 5.87. The van der Waals surface area contributed by atoms with Crippen LogP contribution in [-0.4, -0.2) is 13.1 Å². The molecule has 0 aromatic carbocycles. The van der Waals surface area contributed by atoms with Gasteiger partial charge in [0, 0.05) is 5.57 Å². The van der Waals surface area contributed by atoms with Crippen LogP contribution in [0, 0.1) is 0 Å². The van der Waals surface area contributed by atoms with Gasteiger partial charge in [-0.3, -0.25) is 0 Å². The van der Waals surface area contributed by atoms with E-state index < -0.39 is 0 Å². The van der Waals surface area contributed by atoms with E-state index in [1.807, 2.05) is 13.0 Å². The minimum Gasteiger partial charge on any atom is -0.466 e. The molecule has 0 unspecified atom stereocenters. The average molecular weight is 351 g/mol. The van der Waals surface area contributed by atoms with E-state index in [1.54, 1.807) is 0 Å². The molecule has 0 aliphatic rings. The van der Waals surface area contributed by atoms with Crippen LogP contribution in [0.3, 0.4) is 0 Å². The number of esters is 1. The first-order valence-corrected chi connectivity index (χ1v) is 10.6. The van der Waals surface area contributed by atoms with Crippen molar-refractivity contribution in [3.05, 3.63) is 23.8 Å². The molecule has 2 heteroatoms. The monoisotopic (exact) mass is 350 g/mol. The maximum atomic E-state index is 11.2. The van der Waals surface area contributed by atoms with Crippen LogP contribution in [0.4, 0.5) is 0 Å². The molecule has 0 saturated carbocycles. The number of unbranched alkanes of at least 4 members (excludes halogenated alkanes) is 13. The smallest absolute Gasteiger partial charge is 0.333 e. The van der Waals surface area contributed by atoms with Gasteiger partial charge in [0.2, 0.25) is 0 Å². The van der Waals surface area contributed by atoms with Gasteiger partial charge in [0.05, 0.1) is 7.11 Å². The first kappa shape index (κ1) is 23.9. The third kappa shape index (κ3) is 17.6. The lowest BCUT2D eigenvalue weighted by atomic mass is 10.1. The molecule has 0 spiro atoms. The Kier molecular flexibility index (Phi) is 18.5. The number of methoxy groups -OCH3 is 1. The molecule has 0 radical (unpaired) electrons. The second-order valence-electron chi connectivity index (χ2n) is 7.11. The zero-order valence-corrected chi connectivity index (χ0v) is 17.2. The van der Waals surface area contributed by atoms with Crippen LogP contribution in [0.25, 0.3) is 0 Å². The largest absolute Gasteiger partial charge is 0.466 e. The fourth-order valence-electron chi connectivity index (χ4n) is 2.95. The summed E-state index contributed by atoms with van der Waals surface area (Å²) in [5, 5.41) is 0. The van der Waals surface area contributed by atoms with Gasteiger partial charge in [-0.25, -0.2) is 4.79 Å². The zero-order valence-electron chi connectivity index (χ0n) is 17.2. The lowest BCUT2D eigenvalue weighted by Crippen LogP contribution is -2.01. The Balaban J connectivity index is 3.26. The Morgan fingerprint density at radius 2 is 1.16 bits per heavy atom. The fourth-order valence-corrected chi connectivity index (χ4v) is 2.95. The van der Waals surface area contributed by atoms with Gasteiger partial charge in [0.25, 0.3) is 0 Å². The highest BCUT2D eigenvalue weighted by atomic mass is 16.5. The van der Waals surface area contributed by atoms with Crippen molar-refractivity contribution >= 4 is 5.97 Å². The third-order valence-corrected chi connectivity index (χ3v) is 4.67. The summed E-state index contributed by atoms with van der Waals surface area (Å²) in [6.07, 6.45) is 26.4. The number of carbonyl (C=O) groups is 1. The van der Waals surface area contributed by atoms with E-state index in [0.29, 0.717) is 0 Å². The summed E-state index contributed by atoms with van der Waals surface area (Å²) in [6.45, 7) is 4.10. The maximum absolute atomic E-state index is 11.2. The summed E-state index contributed by atoms with van der Waals surface area (Å²) in [7, 11) is 1.43. The molecule has 0 heterocycles. The Morgan fingerprint density at radius 1 is 0.720 bits per heavy atom. The Bertz CT molecular complexity index is 355. The van der Waals surface area contributed by atoms with Crippen LogP contribution in [-0.2, 0) is 9.53 Å². The summed E-state index contributed by atoms with van der Waals surface area (Å²) in [5.41, 5.74) is 0.732. The Hall–Kier alpha value is -1.05. The molecule has 0 aromatic heterocycles. The molecule has 0 amide bonds. The second-order valence-corrected chi connectivity index (χ2v) is 7.11. The van der Waals surface area contributed by atoms with E-state index >= 15 is 0 Å². The molecule has 0 aliphatic heterocycles. The molecule has 25 heavy (non-hydrogen) atoms. The van der Waals surface area contributed by atoms with Gasteiger partial charge in [0.15, 0.2) is 0 Å². The van der Waals surface area contributed by atoms with Crippen molar-refractivity contribution in [3.8, 4) is 0 Å². The zero-order chi connectivity index (χ0) is 18.6. The second kappa shape index (κ2) is 19.3. The topological polar surface area (TPSA) is 26.3 Å². The minimum absolute atomic E-state index is 0.204. The van der Waals surface area contributed by atoms with E-state index in [-0.39, 0.29) is 5.97 Å². The number of allylic oxidation sites excluding steroid dienone is 3. The molecular weight excluding hydrogens is 308 g/mol. The molecule has 2 nitrogen and oxygen atoms in total. The van der Waals surface area contributed by atoms with Gasteiger partial charge in [-0.15, -0.1) is 0 Å². The van der Waals surface area contributed by atoms with Gasteiger partial charge in [0.1, 0.15) is 0 Å². The predicted molar refractivity (Wildman–Crippen MR) is 110 cm³/mol. The fraction of sp³-hybridized carbons (Fsp3) is 0.783. The average Bonchev–Trinajstić information content (AvgIpc) is 2.63. The molecule has 0 rings (SSSR count). The van der Waals surface area contributed by atoms with Crippen molar-refractivity contribution in [1.29, 1.82) is 0 Å². The lowest BCUT2D eigenvalue weighted by Gasteiger charge is -2.01. The van der Waals surface area contributed by atoms with Crippen LogP contribution in [0.1, 0.15) is 110 Å². The van der Waals surface area contributed by atoms with Crippen molar-refractivity contribution in [3.63, 3.8) is 0 Å². The highest BCUT2D eigenvalue weighted by Gasteiger charge is 2.01. The van der Waals surface area contributed by atoms with Crippen molar-refractivity contribution in [2.24, 2.45) is 0 Å². The number of hydrogen-bond donors (Lipinski definition) is 0. The first-order valence-electron chi connectivity index (χ1n) is 10.6. The number of carbonyl (C=O) groups excluding carboxylic acids is 1. The standard InChI is InChI=1S/C23H42O2/c1-4-5-6-7-8-9-10-11-12-13-14-15-16-17-18-19-20-21-22(2)23(24)25-3/h11-12,21H,4-10,13-20H2,1-3H3/b12-11-,22-21?. The van der Waals surface area contributed by atoms with Crippen LogP contribution >= 0.6 is 0 Å². The van der Waals surface area contributed by atoms with Crippen LogP contribution in [0.2, 0.25) is 0 Å². The van der Waals surface area contributed by atoms with Crippen molar-refractivity contribution in [2.75, 3.05) is 7.11 Å². The normalized spacial score (nSPS) is 12.0. The van der Waals surface area contributed by atoms with Crippen molar-refractivity contribution in [1.82, 2.24) is 0 Å². The molecule has 0 atom stereocenters. The van der Waals surface area contributed by atoms with Gasteiger partial charge in [-0.05, 0) is 45.4 Å². The molecule has 146 valence electrons. The number of ether oxygens (including phenoxy) is 1. The molecular formula is C23H42O2. The molecule has 0 fully saturated rings. The molecule has 0 N–H and O–H groups in total. The van der Waals surface area contributed by atoms with Gasteiger partial charge in [-0.1, -0.05) is 82.9 Å². The van der Waals surface area contributed by atoms with E-state index in [2.05, 4.69) is 23.8 Å². The summed E-state index contributed by atoms with van der Waals surface area (Å²) in [5.74, 6) is -0.204. The van der Waals surface area contributed by atoms with E-state index in [0.717, 1.165) is 12.0 Å². The summed E-state index contributed by atoms with van der Waals surface area (Å²) >= 11 is 0. The van der Waals surface area contributed by atoms with Crippen LogP contribution in [0.15, 0.2) is 23.8 Å². The maximum Gasteiger partial charge on any atom is 0.333 e. The summed E-state index contributed by atoms with van der Waals surface area (Å²) in [4.78, 5) is 11.2. The summed E-state index contributed by atoms with van der Waals surface area (Å²) in [6, 6.07) is 0. The first-order chi connectivity index (χ1) is 12.2. The van der Waals surface area contributed by atoms with E-state index in [4.69, 9.17) is 0 Å². The van der Waals surface area contributed by atoms with Gasteiger partial charge in [-0.2, -0.15) is 0 Å². The molecule has 0 bridgehead atoms. The van der Waals surface area contributed by atoms with Gasteiger partial charge < -0.3 is 4.74 Å². The molecule has 0 aliphatic carbocycles. The lowest BCUT2D eigenvalue weighted by molar-refractivity contribution is -0.136. The highest BCUT2D eigenvalue weighted by Crippen LogP contribution is 2.11. The van der Waals surface area contributed by atoms with Crippen LogP contribution in [0.5, 0.6) is 0 Å². The van der Waals surface area contributed by atoms with Crippen molar-refractivity contribution < 1.29 is 9.53 Å². The predicted octanol–water partition coefficient (Wildman–Crippen LogP) is 7.53. The van der Waals surface area contributed by atoms with Gasteiger partial charge >= 0.3 is 5.97 Å². The Morgan fingerprint density at radius 3 is 1.64 bits per heavy atom. The van der Waals surface area contributed by atoms with Crippen molar-refractivity contribution in [2.45, 2.75) is 110 Å². The van der Waals surface area contributed by atoms with Crippen LogP contribution < -0.4 is 0 Å². The number of rotatable bonds is 17. The molecule has 0 saturated heterocycles. The van der Waals surface area contributed by atoms with E-state index in [1.165, 1.54) is 97.0 Å². The SMILES string of the molecule is CCCCCCCC/C=C\CCCCCCCCC=C(C)C(=O)OC. The quantitative estimate of drug-likeness (QED) is 0.117. The minimum atomic E-state index is -0.204. The Labute approximate surface area is 157 Å². The summed E-state index contributed by atoms with van der Waals surface area (Å²) < 4.78 is 4.68. The third-order valence-electron chi connectivity index (χ3n) is 4.67. The number of hydrogen-bond acceptors (Lipinski definition) is 2. The molecule has 0 aromatic rings.